The van der Waals surface area contributed by atoms with Gasteiger partial charge in [-0.05, 0) is 32.9 Å². The average Bonchev–Trinajstić information content (AvgIpc) is 2.92. The number of aryl methyl sites for hydroxylation is 2. The van der Waals surface area contributed by atoms with Crippen molar-refractivity contribution in [2.45, 2.75) is 39.5 Å². The van der Waals surface area contributed by atoms with Crippen LogP contribution in [0.2, 0.25) is 0 Å². The van der Waals surface area contributed by atoms with E-state index in [1.165, 1.54) is 0 Å². The first-order chi connectivity index (χ1) is 12.0. The fourth-order valence-corrected chi connectivity index (χ4v) is 3.00. The van der Waals surface area contributed by atoms with Crippen LogP contribution in [0.25, 0.3) is 0 Å². The highest BCUT2D eigenvalue weighted by atomic mass is 16.5. The summed E-state index contributed by atoms with van der Waals surface area (Å²) in [5.41, 5.74) is 2.12. The van der Waals surface area contributed by atoms with Crippen LogP contribution >= 0.6 is 0 Å². The van der Waals surface area contributed by atoms with Crippen LogP contribution in [0, 0.1) is 13.8 Å². The van der Waals surface area contributed by atoms with Crippen LogP contribution in [0.5, 0.6) is 0 Å². The molecule has 2 aromatic heterocycles. The van der Waals surface area contributed by atoms with Gasteiger partial charge in [0.15, 0.2) is 0 Å². The summed E-state index contributed by atoms with van der Waals surface area (Å²) in [7, 11) is 0. The first-order valence-corrected chi connectivity index (χ1v) is 8.47. The molecule has 134 valence electrons. The van der Waals surface area contributed by atoms with Crippen molar-refractivity contribution in [3.8, 4) is 0 Å². The van der Waals surface area contributed by atoms with Crippen molar-refractivity contribution in [3.63, 3.8) is 0 Å². The van der Waals surface area contributed by atoms with E-state index < -0.39 is 0 Å². The molecule has 1 aliphatic heterocycles. The van der Waals surface area contributed by atoms with Crippen molar-refractivity contribution < 1.29 is 9.53 Å². The predicted octanol–water partition coefficient (Wildman–Crippen LogP) is 1.02. The van der Waals surface area contributed by atoms with Gasteiger partial charge in [-0.15, -0.1) is 0 Å². The molecule has 2 aromatic rings. The molecule has 8 nitrogen and oxygen atoms in total. The second-order valence-electron chi connectivity index (χ2n) is 6.33. The minimum Gasteiger partial charge on any atom is -0.374 e. The summed E-state index contributed by atoms with van der Waals surface area (Å²) >= 11 is 0. The lowest BCUT2D eigenvalue weighted by atomic mass is 10.2. The maximum Gasteiger partial charge on any atom is 0.243 e. The molecular weight excluding hydrogens is 320 g/mol. The van der Waals surface area contributed by atoms with Crippen molar-refractivity contribution in [2.75, 3.05) is 25.0 Å². The fourth-order valence-electron chi connectivity index (χ4n) is 3.00. The van der Waals surface area contributed by atoms with Gasteiger partial charge in [0.1, 0.15) is 0 Å². The van der Waals surface area contributed by atoms with Crippen molar-refractivity contribution in [2.24, 2.45) is 0 Å². The highest BCUT2D eigenvalue weighted by Gasteiger charge is 2.28. The molecule has 0 unspecified atom stereocenters. The monoisotopic (exact) mass is 344 g/mol. The first-order valence-electron chi connectivity index (χ1n) is 8.47. The van der Waals surface area contributed by atoms with E-state index >= 15 is 0 Å². The molecule has 0 aliphatic carbocycles. The van der Waals surface area contributed by atoms with Crippen LogP contribution in [0.4, 0.5) is 5.95 Å². The summed E-state index contributed by atoms with van der Waals surface area (Å²) in [4.78, 5) is 22.6. The largest absolute Gasteiger partial charge is 0.374 e. The van der Waals surface area contributed by atoms with E-state index in [1.807, 2.05) is 25.5 Å². The molecule has 0 aromatic carbocycles. The van der Waals surface area contributed by atoms with Crippen LogP contribution in [0.15, 0.2) is 24.5 Å². The molecule has 0 saturated carbocycles. The standard InChI is InChI=1S/C17H24N6O2/c1-12-9-13(2)23(21-12)11-15-10-22(7-8-25-15)14(3)16(24)20-17-18-5-4-6-19-17/h4-6,9,14-15H,7-8,10-11H2,1-3H3,(H,18,19,20,24)/t14-,15+/m1/s1. The number of rotatable bonds is 5. The normalized spacial score (nSPS) is 19.6. The summed E-state index contributed by atoms with van der Waals surface area (Å²) in [5.74, 6) is 0.213. The molecule has 1 aliphatic rings. The Kier molecular flexibility index (Phi) is 5.40. The number of ether oxygens (including phenoxy) is 1. The van der Waals surface area contributed by atoms with Gasteiger partial charge in [0.25, 0.3) is 0 Å². The van der Waals surface area contributed by atoms with Crippen molar-refractivity contribution in [3.05, 3.63) is 35.9 Å². The number of amides is 1. The smallest absolute Gasteiger partial charge is 0.243 e. The number of carbonyl (C=O) groups excluding carboxylic acids is 1. The van der Waals surface area contributed by atoms with Crippen molar-refractivity contribution in [1.82, 2.24) is 24.6 Å². The minimum absolute atomic E-state index is 0.00924. The zero-order valence-corrected chi connectivity index (χ0v) is 14.8. The summed E-state index contributed by atoms with van der Waals surface area (Å²) in [6.45, 7) is 8.60. The number of nitrogens with one attached hydrogen (secondary N) is 1. The third kappa shape index (κ3) is 4.40. The maximum absolute atomic E-state index is 12.4. The Bertz CT molecular complexity index is 717. The predicted molar refractivity (Wildman–Crippen MR) is 93.1 cm³/mol. The van der Waals surface area contributed by atoms with Gasteiger partial charge in [0.05, 0.1) is 31.0 Å². The molecule has 0 spiro atoms. The molecule has 1 amide bonds. The van der Waals surface area contributed by atoms with Gasteiger partial charge in [-0.3, -0.25) is 19.7 Å². The number of hydrogen-bond acceptors (Lipinski definition) is 6. The number of morpholine rings is 1. The van der Waals surface area contributed by atoms with E-state index in [4.69, 9.17) is 4.74 Å². The van der Waals surface area contributed by atoms with Gasteiger partial charge in [-0.1, -0.05) is 0 Å². The first kappa shape index (κ1) is 17.5. The quantitative estimate of drug-likeness (QED) is 0.872. The Labute approximate surface area is 147 Å². The van der Waals surface area contributed by atoms with Crippen LogP contribution in [0.3, 0.4) is 0 Å². The van der Waals surface area contributed by atoms with Gasteiger partial charge in [-0.25, -0.2) is 9.97 Å². The lowest BCUT2D eigenvalue weighted by Gasteiger charge is -2.36. The summed E-state index contributed by atoms with van der Waals surface area (Å²) in [6, 6.07) is 3.48. The van der Waals surface area contributed by atoms with Gasteiger partial charge in [0.2, 0.25) is 11.9 Å². The molecule has 1 N–H and O–H groups in total. The third-order valence-corrected chi connectivity index (χ3v) is 4.38. The van der Waals surface area contributed by atoms with Gasteiger partial charge in [-0.2, -0.15) is 5.10 Å². The van der Waals surface area contributed by atoms with E-state index in [0.29, 0.717) is 25.6 Å². The van der Waals surface area contributed by atoms with Crippen LogP contribution in [-0.4, -0.2) is 62.4 Å². The minimum atomic E-state index is -0.282. The SMILES string of the molecule is Cc1cc(C)n(C[C@@H]2CN([C@H](C)C(=O)Nc3ncccn3)CCO2)n1. The molecular formula is C17H24N6O2. The molecule has 0 radical (unpaired) electrons. The molecule has 25 heavy (non-hydrogen) atoms. The Hall–Kier alpha value is -2.32. The summed E-state index contributed by atoms with van der Waals surface area (Å²) in [6.07, 6.45) is 3.22. The molecule has 3 heterocycles. The number of carbonyl (C=O) groups is 1. The lowest BCUT2D eigenvalue weighted by Crippen LogP contribution is -2.51. The van der Waals surface area contributed by atoms with E-state index in [9.17, 15) is 4.79 Å². The zero-order valence-electron chi connectivity index (χ0n) is 14.8. The molecule has 1 saturated heterocycles. The third-order valence-electron chi connectivity index (χ3n) is 4.38. The second-order valence-corrected chi connectivity index (χ2v) is 6.33. The number of nitrogens with zero attached hydrogens (tertiary/aromatic N) is 5. The number of aromatic nitrogens is 4. The molecule has 8 heteroatoms. The topological polar surface area (TPSA) is 85.2 Å². The lowest BCUT2D eigenvalue weighted by molar-refractivity contribution is -0.124. The van der Waals surface area contributed by atoms with E-state index in [0.717, 1.165) is 17.9 Å². The fraction of sp³-hybridized carbons (Fsp3) is 0.529. The van der Waals surface area contributed by atoms with Crippen molar-refractivity contribution >= 4 is 11.9 Å². The molecule has 1 fully saturated rings. The van der Waals surface area contributed by atoms with Gasteiger partial charge < -0.3 is 4.74 Å². The number of hydrogen-bond donors (Lipinski definition) is 1. The van der Waals surface area contributed by atoms with E-state index in [-0.39, 0.29) is 18.1 Å². The molecule has 0 bridgehead atoms. The van der Waals surface area contributed by atoms with Gasteiger partial charge in [0, 0.05) is 31.2 Å². The average molecular weight is 344 g/mol. The molecule has 2 atom stereocenters. The Morgan fingerprint density at radius 3 is 2.84 bits per heavy atom. The van der Waals surface area contributed by atoms with Crippen LogP contribution in [0.1, 0.15) is 18.3 Å². The molecule has 3 rings (SSSR count). The Morgan fingerprint density at radius 2 is 2.16 bits per heavy atom. The Balaban J connectivity index is 1.58. The van der Waals surface area contributed by atoms with E-state index in [2.05, 4.69) is 31.3 Å². The van der Waals surface area contributed by atoms with Crippen LogP contribution in [-0.2, 0) is 16.1 Å². The Morgan fingerprint density at radius 1 is 1.40 bits per heavy atom. The zero-order chi connectivity index (χ0) is 17.8. The number of anilines is 1. The highest BCUT2D eigenvalue weighted by molar-refractivity contribution is 5.93. The second kappa shape index (κ2) is 7.71. The van der Waals surface area contributed by atoms with E-state index in [1.54, 1.807) is 18.5 Å². The summed E-state index contributed by atoms with van der Waals surface area (Å²) < 4.78 is 7.83. The van der Waals surface area contributed by atoms with Gasteiger partial charge >= 0.3 is 0 Å². The summed E-state index contributed by atoms with van der Waals surface area (Å²) in [5, 5.41) is 7.24. The van der Waals surface area contributed by atoms with Crippen molar-refractivity contribution in [1.29, 1.82) is 0 Å². The highest BCUT2D eigenvalue weighted by Crippen LogP contribution is 2.13. The van der Waals surface area contributed by atoms with Crippen LogP contribution < -0.4 is 5.32 Å². The maximum atomic E-state index is 12.4.